The average Bonchev–Trinajstić information content (AvgIpc) is 3.44. The summed E-state index contributed by atoms with van der Waals surface area (Å²) in [6, 6.07) is 13.9. The summed E-state index contributed by atoms with van der Waals surface area (Å²) in [7, 11) is 1.43. The number of nitrogens with zero attached hydrogens (tertiary/aromatic N) is 2. The molecule has 150 valence electrons. The third-order valence-corrected chi connectivity index (χ3v) is 5.52. The summed E-state index contributed by atoms with van der Waals surface area (Å²) in [5, 5.41) is 14.0. The predicted molar refractivity (Wildman–Crippen MR) is 105 cm³/mol. The van der Waals surface area contributed by atoms with Crippen LogP contribution in [0.1, 0.15) is 34.7 Å². The molecule has 1 N–H and O–H groups in total. The number of hydrogen-bond acceptors (Lipinski definition) is 5. The van der Waals surface area contributed by atoms with Crippen LogP contribution in [0.2, 0.25) is 0 Å². The van der Waals surface area contributed by atoms with Crippen LogP contribution in [-0.4, -0.2) is 47.4 Å². The number of likely N-dealkylation sites (tertiary alicyclic amines) is 1. The zero-order valence-electron chi connectivity index (χ0n) is 15.9. The highest BCUT2D eigenvalue weighted by molar-refractivity contribution is 5.99. The number of hydrogen-bond donors (Lipinski definition) is 1. The number of nitro groups is 1. The number of rotatable bonds is 6. The summed E-state index contributed by atoms with van der Waals surface area (Å²) < 4.78 is 5.07. The summed E-state index contributed by atoms with van der Waals surface area (Å²) in [6.45, 7) is 0.413. The number of carbonyl (C=O) groups is 2. The SMILES string of the molecule is COc1ccc([N+](=O)[O-])c(C(=O)N[C@@H]2CC(=O)N([C@H]3C[C@H]3c3ccccc3)C2)c1. The lowest BCUT2D eigenvalue weighted by Gasteiger charge is -2.17. The lowest BCUT2D eigenvalue weighted by molar-refractivity contribution is -0.385. The van der Waals surface area contributed by atoms with Crippen molar-refractivity contribution in [2.75, 3.05) is 13.7 Å². The molecule has 1 aliphatic carbocycles. The van der Waals surface area contributed by atoms with E-state index in [9.17, 15) is 19.7 Å². The first kappa shape index (κ1) is 18.9. The number of methoxy groups -OCH3 is 1. The van der Waals surface area contributed by atoms with Gasteiger partial charge in [0, 0.05) is 31.0 Å². The Hall–Kier alpha value is -3.42. The van der Waals surface area contributed by atoms with Crippen LogP contribution >= 0.6 is 0 Å². The third kappa shape index (κ3) is 3.78. The van der Waals surface area contributed by atoms with E-state index in [1.807, 2.05) is 23.1 Å². The Labute approximate surface area is 167 Å². The molecule has 3 atom stereocenters. The number of carbonyl (C=O) groups excluding carboxylic acids is 2. The third-order valence-electron chi connectivity index (χ3n) is 5.52. The van der Waals surface area contributed by atoms with E-state index in [-0.39, 0.29) is 35.7 Å². The molecule has 2 aliphatic rings. The number of amides is 2. The van der Waals surface area contributed by atoms with Gasteiger partial charge in [0.05, 0.1) is 18.1 Å². The summed E-state index contributed by atoms with van der Waals surface area (Å²) >= 11 is 0. The van der Waals surface area contributed by atoms with Crippen LogP contribution < -0.4 is 10.1 Å². The molecule has 2 fully saturated rings. The van der Waals surface area contributed by atoms with Gasteiger partial charge in [0.1, 0.15) is 11.3 Å². The van der Waals surface area contributed by atoms with Gasteiger partial charge in [0.15, 0.2) is 0 Å². The predicted octanol–water partition coefficient (Wildman–Crippen LogP) is 2.49. The Morgan fingerprint density at radius 1 is 1.24 bits per heavy atom. The highest BCUT2D eigenvalue weighted by Crippen LogP contribution is 2.45. The fourth-order valence-electron chi connectivity index (χ4n) is 3.98. The molecule has 1 saturated heterocycles. The van der Waals surface area contributed by atoms with Gasteiger partial charge in [-0.1, -0.05) is 30.3 Å². The molecule has 8 nitrogen and oxygen atoms in total. The molecule has 2 aromatic rings. The summed E-state index contributed by atoms with van der Waals surface area (Å²) in [6.07, 6.45) is 1.11. The minimum atomic E-state index is -0.602. The van der Waals surface area contributed by atoms with Crippen LogP contribution in [0.3, 0.4) is 0 Å². The van der Waals surface area contributed by atoms with E-state index in [0.717, 1.165) is 6.42 Å². The summed E-state index contributed by atoms with van der Waals surface area (Å²) in [4.78, 5) is 37.6. The molecular formula is C21H21N3O5. The minimum Gasteiger partial charge on any atom is -0.497 e. The Morgan fingerprint density at radius 3 is 2.69 bits per heavy atom. The quantitative estimate of drug-likeness (QED) is 0.598. The molecular weight excluding hydrogens is 374 g/mol. The highest BCUT2D eigenvalue weighted by atomic mass is 16.6. The smallest absolute Gasteiger partial charge is 0.282 e. The highest BCUT2D eigenvalue weighted by Gasteiger charge is 2.48. The summed E-state index contributed by atoms with van der Waals surface area (Å²) in [5.74, 6) is 0.104. The van der Waals surface area contributed by atoms with Crippen molar-refractivity contribution in [2.24, 2.45) is 0 Å². The maximum Gasteiger partial charge on any atom is 0.282 e. The van der Waals surface area contributed by atoms with Crippen molar-refractivity contribution in [3.05, 3.63) is 69.8 Å². The van der Waals surface area contributed by atoms with Crippen molar-refractivity contribution >= 4 is 17.5 Å². The van der Waals surface area contributed by atoms with Gasteiger partial charge in [-0.05, 0) is 24.1 Å². The maximum absolute atomic E-state index is 12.7. The fourth-order valence-corrected chi connectivity index (χ4v) is 3.98. The normalized spacial score (nSPS) is 23.0. The second-order valence-electron chi connectivity index (χ2n) is 7.38. The standard InChI is InChI=1S/C21H21N3O5/c1-29-15-7-8-18(24(27)28)17(10-15)21(26)22-14-9-20(25)23(12-14)19-11-16(19)13-5-3-2-4-6-13/h2-8,10,14,16,19H,9,11-12H2,1H3,(H,22,26)/t14-,16+,19+/m1/s1. The summed E-state index contributed by atoms with van der Waals surface area (Å²) in [5.41, 5.74) is 0.842. The van der Waals surface area contributed by atoms with Crippen molar-refractivity contribution in [3.63, 3.8) is 0 Å². The lowest BCUT2D eigenvalue weighted by atomic mass is 10.1. The molecule has 1 saturated carbocycles. The van der Waals surface area contributed by atoms with Crippen LogP contribution in [0.5, 0.6) is 5.75 Å². The molecule has 0 spiro atoms. The van der Waals surface area contributed by atoms with Gasteiger partial charge in [-0.3, -0.25) is 19.7 Å². The number of nitrogens with one attached hydrogen (secondary N) is 1. The molecule has 1 aliphatic heterocycles. The molecule has 2 aromatic carbocycles. The number of ether oxygens (including phenoxy) is 1. The molecule has 1 heterocycles. The van der Waals surface area contributed by atoms with Crippen molar-refractivity contribution in [3.8, 4) is 5.75 Å². The van der Waals surface area contributed by atoms with E-state index in [0.29, 0.717) is 18.2 Å². The van der Waals surface area contributed by atoms with Gasteiger partial charge in [0.2, 0.25) is 5.91 Å². The minimum absolute atomic E-state index is 0.00104. The van der Waals surface area contributed by atoms with Gasteiger partial charge in [0.25, 0.3) is 11.6 Å². The first-order chi connectivity index (χ1) is 14.0. The van der Waals surface area contributed by atoms with E-state index in [2.05, 4.69) is 17.4 Å². The van der Waals surface area contributed by atoms with E-state index in [1.165, 1.54) is 30.9 Å². The van der Waals surface area contributed by atoms with Crippen LogP contribution in [-0.2, 0) is 4.79 Å². The van der Waals surface area contributed by atoms with Gasteiger partial charge in [-0.2, -0.15) is 0 Å². The van der Waals surface area contributed by atoms with Crippen LogP contribution in [0, 0.1) is 10.1 Å². The molecule has 4 rings (SSSR count). The van der Waals surface area contributed by atoms with Gasteiger partial charge in [-0.25, -0.2) is 0 Å². The molecule has 29 heavy (non-hydrogen) atoms. The van der Waals surface area contributed by atoms with E-state index < -0.39 is 10.8 Å². The fraction of sp³-hybridized carbons (Fsp3) is 0.333. The molecule has 0 aromatic heterocycles. The topological polar surface area (TPSA) is 102 Å². The average molecular weight is 395 g/mol. The zero-order chi connectivity index (χ0) is 20.5. The Morgan fingerprint density at radius 2 is 2.00 bits per heavy atom. The van der Waals surface area contributed by atoms with Crippen molar-refractivity contribution in [1.82, 2.24) is 10.2 Å². The van der Waals surface area contributed by atoms with Gasteiger partial charge >= 0.3 is 0 Å². The Balaban J connectivity index is 1.43. The number of nitro benzene ring substituents is 1. The van der Waals surface area contributed by atoms with Crippen molar-refractivity contribution in [2.45, 2.75) is 30.8 Å². The largest absolute Gasteiger partial charge is 0.497 e. The molecule has 2 amide bonds. The first-order valence-corrected chi connectivity index (χ1v) is 9.45. The monoisotopic (exact) mass is 395 g/mol. The van der Waals surface area contributed by atoms with E-state index >= 15 is 0 Å². The van der Waals surface area contributed by atoms with E-state index in [4.69, 9.17) is 4.74 Å². The van der Waals surface area contributed by atoms with Crippen molar-refractivity contribution in [1.29, 1.82) is 0 Å². The number of benzene rings is 2. The van der Waals surface area contributed by atoms with Gasteiger partial charge in [-0.15, -0.1) is 0 Å². The molecule has 0 bridgehead atoms. The molecule has 0 unspecified atom stereocenters. The van der Waals surface area contributed by atoms with E-state index in [1.54, 1.807) is 0 Å². The zero-order valence-corrected chi connectivity index (χ0v) is 15.9. The first-order valence-electron chi connectivity index (χ1n) is 9.45. The molecule has 8 heteroatoms. The van der Waals surface area contributed by atoms with Crippen LogP contribution in [0.25, 0.3) is 0 Å². The van der Waals surface area contributed by atoms with Crippen LogP contribution in [0.4, 0.5) is 5.69 Å². The second kappa shape index (κ2) is 7.54. The van der Waals surface area contributed by atoms with Crippen LogP contribution in [0.15, 0.2) is 48.5 Å². The van der Waals surface area contributed by atoms with Crippen molar-refractivity contribution < 1.29 is 19.2 Å². The lowest BCUT2D eigenvalue weighted by Crippen LogP contribution is -2.38. The maximum atomic E-state index is 12.7. The van der Waals surface area contributed by atoms with Gasteiger partial charge < -0.3 is 15.0 Å². The Kier molecular flexibility index (Phi) is 4.92. The molecule has 0 radical (unpaired) electrons. The second-order valence-corrected chi connectivity index (χ2v) is 7.38. The Bertz CT molecular complexity index is 962.